The van der Waals surface area contributed by atoms with Crippen molar-refractivity contribution in [1.82, 2.24) is 5.32 Å². The minimum absolute atomic E-state index is 0.194. The second kappa shape index (κ2) is 5.85. The molecule has 0 spiro atoms. The molecule has 2 unspecified atom stereocenters. The number of rotatable bonds is 4. The van der Waals surface area contributed by atoms with Crippen LogP contribution >= 0.6 is 0 Å². The monoisotopic (exact) mass is 311 g/mol. The van der Waals surface area contributed by atoms with E-state index in [2.05, 4.69) is 5.32 Å². The van der Waals surface area contributed by atoms with E-state index >= 15 is 0 Å². The first-order valence-electron chi connectivity index (χ1n) is 7.33. The summed E-state index contributed by atoms with van der Waals surface area (Å²) in [4.78, 5) is 0. The van der Waals surface area contributed by atoms with Gasteiger partial charge in [0.05, 0.1) is 5.25 Å². The van der Waals surface area contributed by atoms with Gasteiger partial charge in [0.15, 0.2) is 11.5 Å². The highest BCUT2D eigenvalue weighted by Crippen LogP contribution is 2.32. The minimum Gasteiger partial charge on any atom is -0.454 e. The summed E-state index contributed by atoms with van der Waals surface area (Å²) in [6.07, 6.45) is 4.86. The van der Waals surface area contributed by atoms with E-state index in [9.17, 15) is 8.42 Å². The van der Waals surface area contributed by atoms with Crippen LogP contribution in [0.25, 0.3) is 0 Å². The Morgan fingerprint density at radius 3 is 2.86 bits per heavy atom. The standard InChI is InChI=1S/C15H21NO4S/c1-21(17,18)13-4-2-3-12(8-13)16-9-11-5-6-14-15(7-11)20-10-19-14/h5-7,12-13,16H,2-4,8-10H2,1H3. The zero-order valence-corrected chi connectivity index (χ0v) is 13.0. The molecule has 2 aliphatic rings. The summed E-state index contributed by atoms with van der Waals surface area (Å²) in [5, 5.41) is 3.28. The van der Waals surface area contributed by atoms with Crippen LogP contribution in [0.5, 0.6) is 11.5 Å². The van der Waals surface area contributed by atoms with E-state index < -0.39 is 9.84 Å². The summed E-state index contributed by atoms with van der Waals surface area (Å²) >= 11 is 0. The van der Waals surface area contributed by atoms with Crippen molar-refractivity contribution in [2.75, 3.05) is 13.0 Å². The number of sulfone groups is 1. The molecule has 1 fully saturated rings. The lowest BCUT2D eigenvalue weighted by Crippen LogP contribution is -2.38. The molecule has 6 heteroatoms. The first kappa shape index (κ1) is 14.7. The van der Waals surface area contributed by atoms with Gasteiger partial charge in [-0.25, -0.2) is 8.42 Å². The van der Waals surface area contributed by atoms with Gasteiger partial charge in [-0.05, 0) is 37.0 Å². The fourth-order valence-electron chi connectivity index (χ4n) is 3.03. The van der Waals surface area contributed by atoms with Gasteiger partial charge in [0, 0.05) is 18.8 Å². The van der Waals surface area contributed by atoms with E-state index in [1.807, 2.05) is 18.2 Å². The molecule has 1 aliphatic carbocycles. The van der Waals surface area contributed by atoms with E-state index in [1.165, 1.54) is 6.26 Å². The summed E-state index contributed by atoms with van der Waals surface area (Å²) < 4.78 is 34.0. The fourth-order valence-corrected chi connectivity index (χ4v) is 4.21. The molecule has 1 aromatic carbocycles. The Kier molecular flexibility index (Phi) is 4.08. The van der Waals surface area contributed by atoms with E-state index in [0.29, 0.717) is 6.42 Å². The highest BCUT2D eigenvalue weighted by molar-refractivity contribution is 7.91. The quantitative estimate of drug-likeness (QED) is 0.919. The average molecular weight is 311 g/mol. The Balaban J connectivity index is 1.57. The molecule has 3 rings (SSSR count). The second-order valence-electron chi connectivity index (χ2n) is 5.88. The number of ether oxygens (including phenoxy) is 2. The molecule has 0 amide bonds. The summed E-state index contributed by atoms with van der Waals surface area (Å²) in [6, 6.07) is 6.17. The highest BCUT2D eigenvalue weighted by atomic mass is 32.2. The molecule has 5 nitrogen and oxygen atoms in total. The lowest BCUT2D eigenvalue weighted by Gasteiger charge is -2.28. The van der Waals surface area contributed by atoms with Crippen LogP contribution in [0.15, 0.2) is 18.2 Å². The molecular weight excluding hydrogens is 290 g/mol. The van der Waals surface area contributed by atoms with E-state index in [4.69, 9.17) is 9.47 Å². The molecule has 1 saturated carbocycles. The molecule has 0 radical (unpaired) electrons. The lowest BCUT2D eigenvalue weighted by atomic mass is 9.95. The highest BCUT2D eigenvalue weighted by Gasteiger charge is 2.28. The largest absolute Gasteiger partial charge is 0.454 e. The Morgan fingerprint density at radius 1 is 1.24 bits per heavy atom. The van der Waals surface area contributed by atoms with Gasteiger partial charge in [0.2, 0.25) is 6.79 Å². The van der Waals surface area contributed by atoms with Gasteiger partial charge >= 0.3 is 0 Å². The minimum atomic E-state index is -2.93. The fraction of sp³-hybridized carbons (Fsp3) is 0.600. The maximum atomic E-state index is 11.7. The van der Waals surface area contributed by atoms with Crippen molar-refractivity contribution in [2.24, 2.45) is 0 Å². The summed E-state index contributed by atoms with van der Waals surface area (Å²) in [5.41, 5.74) is 1.13. The van der Waals surface area contributed by atoms with Crippen molar-refractivity contribution in [1.29, 1.82) is 0 Å². The zero-order valence-electron chi connectivity index (χ0n) is 12.2. The van der Waals surface area contributed by atoms with Crippen molar-refractivity contribution in [3.05, 3.63) is 23.8 Å². The molecule has 0 aromatic heterocycles. The lowest BCUT2D eigenvalue weighted by molar-refractivity contribution is 0.174. The predicted molar refractivity (Wildman–Crippen MR) is 80.3 cm³/mol. The molecular formula is C15H21NO4S. The zero-order chi connectivity index (χ0) is 14.9. The van der Waals surface area contributed by atoms with Crippen molar-refractivity contribution >= 4 is 9.84 Å². The van der Waals surface area contributed by atoms with Gasteiger partial charge in [-0.3, -0.25) is 0 Å². The summed E-state index contributed by atoms with van der Waals surface area (Å²) in [5.74, 6) is 1.57. The Bertz CT molecular complexity index is 614. The molecule has 0 saturated heterocycles. The van der Waals surface area contributed by atoms with Crippen molar-refractivity contribution in [2.45, 2.75) is 43.5 Å². The number of hydrogen-bond acceptors (Lipinski definition) is 5. The normalized spacial score (nSPS) is 25.0. The van der Waals surface area contributed by atoms with Crippen molar-refractivity contribution in [3.63, 3.8) is 0 Å². The molecule has 1 aliphatic heterocycles. The molecule has 1 heterocycles. The van der Waals surface area contributed by atoms with Crippen LogP contribution in [0.1, 0.15) is 31.2 Å². The second-order valence-corrected chi connectivity index (χ2v) is 8.21. The Hall–Kier alpha value is -1.27. The van der Waals surface area contributed by atoms with Gasteiger partial charge in [-0.15, -0.1) is 0 Å². The molecule has 0 bridgehead atoms. The molecule has 21 heavy (non-hydrogen) atoms. The number of benzene rings is 1. The first-order valence-corrected chi connectivity index (χ1v) is 9.28. The maximum absolute atomic E-state index is 11.7. The van der Waals surface area contributed by atoms with Gasteiger partial charge < -0.3 is 14.8 Å². The molecule has 1 N–H and O–H groups in total. The first-order chi connectivity index (χ1) is 10.0. The van der Waals surface area contributed by atoms with Crippen molar-refractivity contribution < 1.29 is 17.9 Å². The third-order valence-corrected chi connectivity index (χ3v) is 5.90. The van der Waals surface area contributed by atoms with Crippen LogP contribution < -0.4 is 14.8 Å². The van der Waals surface area contributed by atoms with E-state index in [1.54, 1.807) is 0 Å². The topological polar surface area (TPSA) is 64.6 Å². The number of nitrogens with one attached hydrogen (secondary N) is 1. The third-order valence-electron chi connectivity index (χ3n) is 4.26. The van der Waals surface area contributed by atoms with E-state index in [0.717, 1.165) is 42.9 Å². The number of hydrogen-bond donors (Lipinski definition) is 1. The Morgan fingerprint density at radius 2 is 2.05 bits per heavy atom. The maximum Gasteiger partial charge on any atom is 0.231 e. The van der Waals surface area contributed by atoms with E-state index in [-0.39, 0.29) is 18.1 Å². The van der Waals surface area contributed by atoms with Gasteiger partial charge in [-0.2, -0.15) is 0 Å². The molecule has 116 valence electrons. The third kappa shape index (κ3) is 3.49. The average Bonchev–Trinajstić information content (AvgIpc) is 2.92. The molecule has 2 atom stereocenters. The number of fused-ring (bicyclic) bond motifs is 1. The summed E-state index contributed by atoms with van der Waals surface area (Å²) in [6.45, 7) is 1.00. The van der Waals surface area contributed by atoms with Crippen LogP contribution in [-0.4, -0.2) is 32.8 Å². The van der Waals surface area contributed by atoms with Crippen molar-refractivity contribution in [3.8, 4) is 11.5 Å². The van der Waals surface area contributed by atoms with Gasteiger partial charge in [0.1, 0.15) is 9.84 Å². The smallest absolute Gasteiger partial charge is 0.231 e. The van der Waals surface area contributed by atoms with Gasteiger partial charge in [0.25, 0.3) is 0 Å². The SMILES string of the molecule is CS(=O)(=O)C1CCCC(NCc2ccc3c(c2)OCO3)C1. The van der Waals surface area contributed by atoms with Crippen LogP contribution in [-0.2, 0) is 16.4 Å². The van der Waals surface area contributed by atoms with Crippen LogP contribution in [0.4, 0.5) is 0 Å². The molecule has 1 aromatic rings. The van der Waals surface area contributed by atoms with Crippen LogP contribution in [0.2, 0.25) is 0 Å². The predicted octanol–water partition coefficient (Wildman–Crippen LogP) is 1.86. The van der Waals surface area contributed by atoms with Crippen LogP contribution in [0.3, 0.4) is 0 Å². The van der Waals surface area contributed by atoms with Crippen LogP contribution in [0, 0.1) is 0 Å². The Labute approximate surface area is 125 Å². The van der Waals surface area contributed by atoms with Gasteiger partial charge in [-0.1, -0.05) is 12.5 Å². The summed E-state index contributed by atoms with van der Waals surface area (Å²) in [7, 11) is -2.93.